The van der Waals surface area contributed by atoms with Crippen LogP contribution in [0.25, 0.3) is 11.3 Å². The van der Waals surface area contributed by atoms with E-state index in [4.69, 9.17) is 0 Å². The van der Waals surface area contributed by atoms with Gasteiger partial charge >= 0.3 is 0 Å². The standard InChI is InChI=1S/C24H27N5O/c1-28(2)21-8-6-7-19(17-21)24(30)25-20-11-9-18(10-12-20)22-13-14-23(27-26-22)29-15-4-3-5-16-29/h6-14,17H,3-5,15-16H2,1-2H3,(H,25,30). The minimum Gasteiger partial charge on any atom is -0.378 e. The fourth-order valence-electron chi connectivity index (χ4n) is 3.62. The Morgan fingerprint density at radius 2 is 1.70 bits per heavy atom. The van der Waals surface area contributed by atoms with Gasteiger partial charge in [0.2, 0.25) is 0 Å². The molecule has 0 atom stereocenters. The first kappa shape index (κ1) is 19.9. The lowest BCUT2D eigenvalue weighted by Crippen LogP contribution is -2.30. The second-order valence-corrected chi connectivity index (χ2v) is 7.80. The van der Waals surface area contributed by atoms with Crippen LogP contribution in [0.3, 0.4) is 0 Å². The van der Waals surface area contributed by atoms with E-state index in [1.54, 1.807) is 0 Å². The fraction of sp³-hybridized carbons (Fsp3) is 0.292. The van der Waals surface area contributed by atoms with Crippen molar-refractivity contribution in [3.8, 4) is 11.3 Å². The van der Waals surface area contributed by atoms with Crippen LogP contribution in [0.1, 0.15) is 29.6 Å². The number of hydrogen-bond donors (Lipinski definition) is 1. The molecule has 0 unspecified atom stereocenters. The van der Waals surface area contributed by atoms with Crippen molar-refractivity contribution in [1.82, 2.24) is 10.2 Å². The minimum absolute atomic E-state index is 0.128. The van der Waals surface area contributed by atoms with E-state index in [0.29, 0.717) is 5.56 Å². The van der Waals surface area contributed by atoms with Crippen LogP contribution in [0, 0.1) is 0 Å². The first-order valence-corrected chi connectivity index (χ1v) is 10.4. The van der Waals surface area contributed by atoms with Crippen LogP contribution in [-0.2, 0) is 0 Å². The van der Waals surface area contributed by atoms with Crippen molar-refractivity contribution in [2.75, 3.05) is 42.3 Å². The molecule has 6 nitrogen and oxygen atoms in total. The third kappa shape index (κ3) is 4.59. The third-order valence-electron chi connectivity index (χ3n) is 5.39. The van der Waals surface area contributed by atoms with Crippen molar-refractivity contribution in [3.63, 3.8) is 0 Å². The third-order valence-corrected chi connectivity index (χ3v) is 5.39. The van der Waals surface area contributed by atoms with Crippen LogP contribution in [0.4, 0.5) is 17.2 Å². The van der Waals surface area contributed by atoms with Gasteiger partial charge in [0, 0.05) is 49.7 Å². The zero-order chi connectivity index (χ0) is 20.9. The number of rotatable bonds is 5. The Balaban J connectivity index is 1.42. The van der Waals surface area contributed by atoms with Gasteiger partial charge in [-0.2, -0.15) is 0 Å². The van der Waals surface area contributed by atoms with E-state index in [0.717, 1.165) is 41.5 Å². The number of anilines is 3. The number of aromatic nitrogens is 2. The summed E-state index contributed by atoms with van der Waals surface area (Å²) in [6, 6.07) is 19.3. The molecule has 3 aromatic rings. The maximum Gasteiger partial charge on any atom is 0.255 e. The molecule has 30 heavy (non-hydrogen) atoms. The molecule has 0 spiro atoms. The number of carbonyl (C=O) groups excluding carboxylic acids is 1. The predicted octanol–water partition coefficient (Wildman–Crippen LogP) is 4.45. The van der Waals surface area contributed by atoms with E-state index < -0.39 is 0 Å². The van der Waals surface area contributed by atoms with Crippen molar-refractivity contribution in [2.24, 2.45) is 0 Å². The topological polar surface area (TPSA) is 61.4 Å². The first-order chi connectivity index (χ1) is 14.6. The van der Waals surface area contributed by atoms with Crippen molar-refractivity contribution in [2.45, 2.75) is 19.3 Å². The number of hydrogen-bond acceptors (Lipinski definition) is 5. The van der Waals surface area contributed by atoms with Gasteiger partial charge in [-0.05, 0) is 61.7 Å². The van der Waals surface area contributed by atoms with Gasteiger partial charge in [-0.15, -0.1) is 10.2 Å². The summed E-state index contributed by atoms with van der Waals surface area (Å²) in [5.41, 5.74) is 4.17. The van der Waals surface area contributed by atoms with E-state index in [2.05, 4.69) is 20.4 Å². The highest BCUT2D eigenvalue weighted by atomic mass is 16.1. The van der Waals surface area contributed by atoms with Gasteiger partial charge in [0.15, 0.2) is 5.82 Å². The van der Waals surface area contributed by atoms with Gasteiger partial charge in [0.1, 0.15) is 0 Å². The molecule has 1 aromatic heterocycles. The molecule has 1 N–H and O–H groups in total. The van der Waals surface area contributed by atoms with E-state index in [-0.39, 0.29) is 5.91 Å². The number of nitrogens with zero attached hydrogens (tertiary/aromatic N) is 4. The monoisotopic (exact) mass is 401 g/mol. The van der Waals surface area contributed by atoms with Gasteiger partial charge in [-0.1, -0.05) is 18.2 Å². The average Bonchev–Trinajstić information content (AvgIpc) is 2.80. The molecule has 0 bridgehead atoms. The Morgan fingerprint density at radius 1 is 0.933 bits per heavy atom. The average molecular weight is 402 g/mol. The zero-order valence-corrected chi connectivity index (χ0v) is 17.5. The van der Waals surface area contributed by atoms with Gasteiger partial charge in [0.25, 0.3) is 5.91 Å². The molecule has 1 saturated heterocycles. The van der Waals surface area contributed by atoms with Crippen molar-refractivity contribution in [1.29, 1.82) is 0 Å². The Hall–Kier alpha value is -3.41. The highest BCUT2D eigenvalue weighted by Crippen LogP contribution is 2.23. The number of amides is 1. The highest BCUT2D eigenvalue weighted by molar-refractivity contribution is 6.04. The Labute approximate surface area is 177 Å². The summed E-state index contributed by atoms with van der Waals surface area (Å²) >= 11 is 0. The van der Waals surface area contributed by atoms with Crippen molar-refractivity contribution < 1.29 is 4.79 Å². The largest absolute Gasteiger partial charge is 0.378 e. The van der Waals surface area contributed by atoms with Crippen LogP contribution in [0.15, 0.2) is 60.7 Å². The van der Waals surface area contributed by atoms with Crippen LogP contribution in [-0.4, -0.2) is 43.3 Å². The first-order valence-electron chi connectivity index (χ1n) is 10.4. The van der Waals surface area contributed by atoms with Gasteiger partial charge in [-0.3, -0.25) is 4.79 Å². The molecule has 1 amide bonds. The Kier molecular flexibility index (Phi) is 5.93. The minimum atomic E-state index is -0.128. The summed E-state index contributed by atoms with van der Waals surface area (Å²) in [5, 5.41) is 11.8. The summed E-state index contributed by atoms with van der Waals surface area (Å²) in [7, 11) is 3.91. The molecule has 0 saturated carbocycles. The molecule has 0 aliphatic carbocycles. The lowest BCUT2D eigenvalue weighted by Gasteiger charge is -2.27. The number of benzene rings is 2. The summed E-state index contributed by atoms with van der Waals surface area (Å²) in [5.74, 6) is 0.819. The van der Waals surface area contributed by atoms with E-state index in [1.165, 1.54) is 19.3 Å². The lowest BCUT2D eigenvalue weighted by molar-refractivity contribution is 0.102. The molecular weight excluding hydrogens is 374 g/mol. The molecule has 4 rings (SSSR count). The summed E-state index contributed by atoms with van der Waals surface area (Å²) < 4.78 is 0. The zero-order valence-electron chi connectivity index (χ0n) is 17.5. The molecular formula is C24H27N5O. The summed E-state index contributed by atoms with van der Waals surface area (Å²) in [6.45, 7) is 2.11. The number of piperidine rings is 1. The second kappa shape index (κ2) is 8.95. The highest BCUT2D eigenvalue weighted by Gasteiger charge is 2.13. The van der Waals surface area contributed by atoms with Crippen molar-refractivity contribution >= 4 is 23.1 Å². The summed E-state index contributed by atoms with van der Waals surface area (Å²) in [6.07, 6.45) is 3.73. The molecule has 0 radical (unpaired) electrons. The maximum absolute atomic E-state index is 12.6. The predicted molar refractivity (Wildman–Crippen MR) is 122 cm³/mol. The van der Waals surface area contributed by atoms with Crippen LogP contribution < -0.4 is 15.1 Å². The SMILES string of the molecule is CN(C)c1cccc(C(=O)Nc2ccc(-c3ccc(N4CCCCC4)nn3)cc2)c1. The van der Waals surface area contributed by atoms with Gasteiger partial charge in [0.05, 0.1) is 5.69 Å². The molecule has 1 fully saturated rings. The van der Waals surface area contributed by atoms with Crippen LogP contribution in [0.2, 0.25) is 0 Å². The van der Waals surface area contributed by atoms with E-state index >= 15 is 0 Å². The fourth-order valence-corrected chi connectivity index (χ4v) is 3.62. The summed E-state index contributed by atoms with van der Waals surface area (Å²) in [4.78, 5) is 16.8. The van der Waals surface area contributed by atoms with Gasteiger partial charge < -0.3 is 15.1 Å². The van der Waals surface area contributed by atoms with Crippen LogP contribution in [0.5, 0.6) is 0 Å². The van der Waals surface area contributed by atoms with Crippen molar-refractivity contribution in [3.05, 3.63) is 66.2 Å². The van der Waals surface area contributed by atoms with E-state index in [9.17, 15) is 4.79 Å². The molecule has 1 aliphatic heterocycles. The smallest absolute Gasteiger partial charge is 0.255 e. The number of nitrogens with one attached hydrogen (secondary N) is 1. The molecule has 154 valence electrons. The molecule has 2 aromatic carbocycles. The normalized spacial score (nSPS) is 13.7. The van der Waals surface area contributed by atoms with E-state index in [1.807, 2.05) is 79.7 Å². The molecule has 1 aliphatic rings. The van der Waals surface area contributed by atoms with Gasteiger partial charge in [-0.25, -0.2) is 0 Å². The molecule has 2 heterocycles. The maximum atomic E-state index is 12.6. The lowest BCUT2D eigenvalue weighted by atomic mass is 10.1. The Morgan fingerprint density at radius 3 is 2.37 bits per heavy atom. The molecule has 6 heteroatoms. The van der Waals surface area contributed by atoms with Crippen LogP contribution >= 0.6 is 0 Å². The Bertz CT molecular complexity index is 993. The quantitative estimate of drug-likeness (QED) is 0.684. The second-order valence-electron chi connectivity index (χ2n) is 7.80. The number of carbonyl (C=O) groups is 1.